The molecule has 0 saturated carbocycles. The molecule has 168 valence electrons. The number of ether oxygens (including phenoxy) is 1. The van der Waals surface area contributed by atoms with E-state index in [0.717, 1.165) is 44.1 Å². The lowest BCUT2D eigenvalue weighted by Crippen LogP contribution is -2.69. The van der Waals surface area contributed by atoms with E-state index in [-0.39, 0.29) is 30.2 Å². The maximum Gasteiger partial charge on any atom is 0.227 e. The standard InChI is InChI=1S/C24H33N3O4/c1-17(22(30-2)21-9-6-14-25-21)23(29)26-24(16-28,15-18-7-4-3-5-8-18)27-19-10-12-20(31-27)13-11-19/h3-5,7-8,10,12,16-17,19-22,25H,6,9,11,13-15H2,1-2H3,(H,26,29)/t17-,19?,20?,21+,22-,24+/m1/s1. The SMILES string of the molecule is CO[C@@H]([C@@H]1CCCN1)[C@@H](C)C(=O)N[C@@](C=O)(Cc1ccccc1)N1OC2C=CC1CC2. The summed E-state index contributed by atoms with van der Waals surface area (Å²) in [5, 5.41) is 8.21. The number of carbonyl (C=O) groups is 2. The molecule has 4 aliphatic rings. The van der Waals surface area contributed by atoms with Crippen molar-refractivity contribution in [2.75, 3.05) is 13.7 Å². The topological polar surface area (TPSA) is 79.9 Å². The fraction of sp³-hybridized carbons (Fsp3) is 0.583. The molecule has 3 aliphatic heterocycles. The second kappa shape index (κ2) is 9.61. The number of benzene rings is 1. The van der Waals surface area contributed by atoms with Crippen LogP contribution >= 0.6 is 0 Å². The van der Waals surface area contributed by atoms with Crippen molar-refractivity contribution in [1.29, 1.82) is 0 Å². The van der Waals surface area contributed by atoms with Gasteiger partial charge in [0.05, 0.1) is 24.2 Å². The van der Waals surface area contributed by atoms with Gasteiger partial charge in [0.1, 0.15) is 0 Å². The van der Waals surface area contributed by atoms with E-state index in [4.69, 9.17) is 9.57 Å². The zero-order valence-corrected chi connectivity index (χ0v) is 18.3. The minimum absolute atomic E-state index is 0.0516. The number of methoxy groups -OCH3 is 1. The summed E-state index contributed by atoms with van der Waals surface area (Å²) in [4.78, 5) is 32.2. The van der Waals surface area contributed by atoms with Crippen LogP contribution in [0.3, 0.4) is 0 Å². The molecule has 2 unspecified atom stereocenters. The maximum absolute atomic E-state index is 13.4. The highest BCUT2D eigenvalue weighted by atomic mass is 16.7. The van der Waals surface area contributed by atoms with Crippen molar-refractivity contribution < 1.29 is 19.2 Å². The molecular weight excluding hydrogens is 394 g/mol. The van der Waals surface area contributed by atoms with Crippen LogP contribution in [0.2, 0.25) is 0 Å². The van der Waals surface area contributed by atoms with Gasteiger partial charge in [-0.05, 0) is 37.8 Å². The second-order valence-electron chi connectivity index (χ2n) is 8.88. The molecule has 5 rings (SSSR count). The van der Waals surface area contributed by atoms with Crippen LogP contribution in [-0.2, 0) is 25.6 Å². The molecule has 1 amide bonds. The molecule has 31 heavy (non-hydrogen) atoms. The van der Waals surface area contributed by atoms with E-state index in [1.165, 1.54) is 0 Å². The van der Waals surface area contributed by atoms with Gasteiger partial charge < -0.3 is 15.4 Å². The first kappa shape index (κ1) is 22.1. The largest absolute Gasteiger partial charge is 0.379 e. The van der Waals surface area contributed by atoms with Crippen LogP contribution in [0.1, 0.15) is 38.2 Å². The minimum atomic E-state index is -1.29. The van der Waals surface area contributed by atoms with Gasteiger partial charge in [-0.3, -0.25) is 14.4 Å². The summed E-state index contributed by atoms with van der Waals surface area (Å²) in [6.07, 6.45) is 8.80. The lowest BCUT2D eigenvalue weighted by Gasteiger charge is -2.49. The third-order valence-corrected chi connectivity index (χ3v) is 6.76. The average molecular weight is 428 g/mol. The van der Waals surface area contributed by atoms with Crippen LogP contribution in [0, 0.1) is 5.92 Å². The molecule has 0 aromatic heterocycles. The number of fused-ring (bicyclic) bond motifs is 2. The Hall–Kier alpha value is -2.06. The van der Waals surface area contributed by atoms with Crippen molar-refractivity contribution in [2.24, 2.45) is 5.92 Å². The second-order valence-corrected chi connectivity index (χ2v) is 8.88. The van der Waals surface area contributed by atoms with Gasteiger partial charge in [0.2, 0.25) is 5.91 Å². The van der Waals surface area contributed by atoms with Crippen LogP contribution in [0.15, 0.2) is 42.5 Å². The number of hydroxylamine groups is 2. The van der Waals surface area contributed by atoms with Crippen LogP contribution in [-0.4, -0.2) is 60.9 Å². The van der Waals surface area contributed by atoms with Gasteiger partial charge in [-0.15, -0.1) is 5.06 Å². The molecule has 7 nitrogen and oxygen atoms in total. The highest BCUT2D eigenvalue weighted by Crippen LogP contribution is 2.34. The smallest absolute Gasteiger partial charge is 0.227 e. The molecule has 0 radical (unpaired) electrons. The van der Waals surface area contributed by atoms with E-state index in [2.05, 4.69) is 16.7 Å². The molecular formula is C24H33N3O4. The molecule has 1 aromatic rings. The highest BCUT2D eigenvalue weighted by Gasteiger charge is 2.48. The lowest BCUT2D eigenvalue weighted by atomic mass is 9.91. The quantitative estimate of drug-likeness (QED) is 0.463. The van der Waals surface area contributed by atoms with Crippen molar-refractivity contribution in [2.45, 2.75) is 69.0 Å². The summed E-state index contributed by atoms with van der Waals surface area (Å²) in [6.45, 7) is 2.80. The molecule has 2 N–H and O–H groups in total. The first-order valence-corrected chi connectivity index (χ1v) is 11.3. The van der Waals surface area contributed by atoms with Crippen LogP contribution in [0.25, 0.3) is 0 Å². The summed E-state index contributed by atoms with van der Waals surface area (Å²) >= 11 is 0. The van der Waals surface area contributed by atoms with Gasteiger partial charge in [0.15, 0.2) is 11.9 Å². The third kappa shape index (κ3) is 4.60. The minimum Gasteiger partial charge on any atom is -0.379 e. The molecule has 7 heteroatoms. The first-order chi connectivity index (χ1) is 15.1. The van der Waals surface area contributed by atoms with Crippen molar-refractivity contribution in [3.63, 3.8) is 0 Å². The van der Waals surface area contributed by atoms with E-state index < -0.39 is 11.6 Å². The van der Waals surface area contributed by atoms with Gasteiger partial charge in [0.25, 0.3) is 0 Å². The lowest BCUT2D eigenvalue weighted by molar-refractivity contribution is -0.282. The fourth-order valence-electron chi connectivity index (χ4n) is 5.07. The number of nitrogens with one attached hydrogen (secondary N) is 2. The van der Waals surface area contributed by atoms with E-state index in [1.807, 2.05) is 43.3 Å². The van der Waals surface area contributed by atoms with E-state index >= 15 is 0 Å². The normalized spacial score (nSPS) is 29.3. The zero-order chi connectivity index (χ0) is 21.8. The summed E-state index contributed by atoms with van der Waals surface area (Å²) in [6, 6.07) is 9.82. The van der Waals surface area contributed by atoms with Crippen LogP contribution < -0.4 is 10.6 Å². The molecule has 2 saturated heterocycles. The molecule has 6 atom stereocenters. The molecule has 1 aliphatic carbocycles. The monoisotopic (exact) mass is 427 g/mol. The summed E-state index contributed by atoms with van der Waals surface area (Å²) in [7, 11) is 1.64. The van der Waals surface area contributed by atoms with Gasteiger partial charge in [-0.1, -0.05) is 49.4 Å². The first-order valence-electron chi connectivity index (χ1n) is 11.3. The van der Waals surface area contributed by atoms with Gasteiger partial charge >= 0.3 is 0 Å². The van der Waals surface area contributed by atoms with Crippen LogP contribution in [0.5, 0.6) is 0 Å². The molecule has 2 bridgehead atoms. The number of hydrogen-bond donors (Lipinski definition) is 2. The Bertz CT molecular complexity index is 795. The van der Waals surface area contributed by atoms with E-state index in [9.17, 15) is 9.59 Å². The van der Waals surface area contributed by atoms with Crippen molar-refractivity contribution in [3.05, 3.63) is 48.0 Å². The third-order valence-electron chi connectivity index (χ3n) is 6.76. The molecule has 1 aromatic carbocycles. The summed E-state index contributed by atoms with van der Waals surface area (Å²) < 4.78 is 5.71. The van der Waals surface area contributed by atoms with Gasteiger partial charge in [-0.2, -0.15) is 0 Å². The summed E-state index contributed by atoms with van der Waals surface area (Å²) in [5.41, 5.74) is -0.334. The number of hydrogen-bond acceptors (Lipinski definition) is 6. The Labute approximate surface area is 184 Å². The Morgan fingerprint density at radius 3 is 2.68 bits per heavy atom. The highest BCUT2D eigenvalue weighted by molar-refractivity contribution is 5.84. The fourth-order valence-corrected chi connectivity index (χ4v) is 5.07. The van der Waals surface area contributed by atoms with E-state index in [1.54, 1.807) is 12.2 Å². The zero-order valence-electron chi connectivity index (χ0n) is 18.3. The Morgan fingerprint density at radius 2 is 2.13 bits per heavy atom. The average Bonchev–Trinajstić information content (AvgIpc) is 3.35. The van der Waals surface area contributed by atoms with E-state index in [0.29, 0.717) is 6.42 Å². The Balaban J connectivity index is 1.59. The van der Waals surface area contributed by atoms with Crippen molar-refractivity contribution >= 4 is 12.2 Å². The predicted octanol–water partition coefficient (Wildman–Crippen LogP) is 1.98. The molecule has 2 fully saturated rings. The van der Waals surface area contributed by atoms with Gasteiger partial charge in [-0.25, -0.2) is 0 Å². The number of rotatable bonds is 9. The predicted molar refractivity (Wildman–Crippen MR) is 117 cm³/mol. The van der Waals surface area contributed by atoms with Gasteiger partial charge in [0, 0.05) is 19.6 Å². The molecule has 3 heterocycles. The number of carbonyl (C=O) groups excluding carboxylic acids is 2. The molecule has 0 spiro atoms. The maximum atomic E-state index is 13.4. The van der Waals surface area contributed by atoms with Crippen LogP contribution in [0.4, 0.5) is 0 Å². The Kier molecular flexibility index (Phi) is 6.86. The van der Waals surface area contributed by atoms with Crippen molar-refractivity contribution in [3.8, 4) is 0 Å². The Morgan fingerprint density at radius 1 is 1.32 bits per heavy atom. The summed E-state index contributed by atoms with van der Waals surface area (Å²) in [5.74, 6) is -0.633. The number of amides is 1. The number of nitrogens with zero attached hydrogens (tertiary/aromatic N) is 1. The van der Waals surface area contributed by atoms with Crippen molar-refractivity contribution in [1.82, 2.24) is 15.7 Å². The number of aldehydes is 1.